The lowest BCUT2D eigenvalue weighted by molar-refractivity contribution is -0.129. The van der Waals surface area contributed by atoms with Gasteiger partial charge in [0.05, 0.1) is 34.0 Å². The number of ether oxygens (including phenoxy) is 1. The first-order chi connectivity index (χ1) is 53.3. The Kier molecular flexibility index (Phi) is 23.2. The number of benzene rings is 7. The Morgan fingerprint density at radius 3 is 1.82 bits per heavy atom. The van der Waals surface area contributed by atoms with Crippen molar-refractivity contribution in [3.8, 4) is 0 Å². The summed E-state index contributed by atoms with van der Waals surface area (Å²) in [5.41, 5.74) is 19.9. The summed E-state index contributed by atoms with van der Waals surface area (Å²) in [6.07, 6.45) is 8.85. The van der Waals surface area contributed by atoms with Crippen molar-refractivity contribution >= 4 is 108 Å². The molecule has 8 aliphatic heterocycles. The monoisotopic (exact) mass is 1520 g/mol. The Morgan fingerprint density at radius 2 is 1.14 bits per heavy atom. The first-order valence-corrected chi connectivity index (χ1v) is 39.0. The first kappa shape index (κ1) is 76.7. The number of hydrogen-bond acceptors (Lipinski definition) is 15. The lowest BCUT2D eigenvalue weighted by Gasteiger charge is -2.35. The number of carbonyl (C=O) groups excluding carboxylic acids is 6. The van der Waals surface area contributed by atoms with Gasteiger partial charge in [0.25, 0.3) is 11.8 Å². The molecule has 111 heavy (non-hydrogen) atoms. The Bertz CT molecular complexity index is 5130. The summed E-state index contributed by atoms with van der Waals surface area (Å²) in [6, 6.07) is 50.5. The van der Waals surface area contributed by atoms with Gasteiger partial charge in [0.15, 0.2) is 0 Å². The van der Waals surface area contributed by atoms with Crippen LogP contribution in [0, 0.1) is 0 Å². The quantitative estimate of drug-likeness (QED) is 0.0649. The zero-order chi connectivity index (χ0) is 78.1. The minimum Gasteiger partial charge on any atom is -0.444 e. The zero-order valence-corrected chi connectivity index (χ0v) is 63.7. The summed E-state index contributed by atoms with van der Waals surface area (Å²) >= 11 is 0. The van der Waals surface area contributed by atoms with Gasteiger partial charge in [-0.05, 0) is 178 Å². The van der Waals surface area contributed by atoms with E-state index in [4.69, 9.17) is 4.74 Å². The number of hydrogen-bond donors (Lipinski definition) is 9. The number of likely N-dealkylation sites (tertiary alicyclic amines) is 1. The number of urea groups is 1. The van der Waals surface area contributed by atoms with Crippen LogP contribution in [0.2, 0.25) is 0 Å². The van der Waals surface area contributed by atoms with E-state index in [2.05, 4.69) is 94.4 Å². The highest BCUT2D eigenvalue weighted by Crippen LogP contribution is 2.36. The fraction of sp³-hybridized carbons (Fsp3) is 0.294. The van der Waals surface area contributed by atoms with E-state index in [1.807, 2.05) is 136 Å². The number of rotatable bonds is 9. The maximum absolute atomic E-state index is 12.9. The van der Waals surface area contributed by atoms with E-state index in [0.717, 1.165) is 175 Å². The van der Waals surface area contributed by atoms with Crippen LogP contribution in [0.25, 0.3) is 11.0 Å². The molecule has 26 heteroatoms. The predicted octanol–water partition coefficient (Wildman–Crippen LogP) is 13.3. The van der Waals surface area contributed by atoms with Gasteiger partial charge in [-0.25, -0.2) is 27.8 Å². The first-order valence-electron chi connectivity index (χ1n) is 37.4. The highest BCUT2D eigenvalue weighted by molar-refractivity contribution is 7.93. The molecular formula is C85H93N15O10S. The summed E-state index contributed by atoms with van der Waals surface area (Å²) in [5.74, 6) is 1.14. The topological polar surface area (TPSA) is 308 Å². The van der Waals surface area contributed by atoms with E-state index < -0.39 is 27.0 Å². The van der Waals surface area contributed by atoms with E-state index in [9.17, 15) is 42.0 Å². The van der Waals surface area contributed by atoms with Crippen molar-refractivity contribution in [1.29, 1.82) is 0 Å². The molecular weight excluding hydrogens is 1420 g/mol. The Morgan fingerprint density at radius 1 is 0.550 bits per heavy atom. The number of para-hydroxylation sites is 2. The maximum Gasteiger partial charge on any atom is 0.410 e. The number of H-pyrrole nitrogens is 2. The van der Waals surface area contributed by atoms with Crippen LogP contribution in [0.15, 0.2) is 206 Å². The molecule has 7 amide bonds. The number of amides is 7. The second-order valence-electron chi connectivity index (χ2n) is 29.6. The molecule has 9 aromatic rings. The number of aromatic amines is 2. The van der Waals surface area contributed by atoms with Crippen molar-refractivity contribution in [3.63, 3.8) is 0 Å². The van der Waals surface area contributed by atoms with E-state index >= 15 is 0 Å². The van der Waals surface area contributed by atoms with E-state index in [-0.39, 0.29) is 35.3 Å². The van der Waals surface area contributed by atoms with Crippen LogP contribution in [0.4, 0.5) is 60.9 Å². The molecule has 8 aliphatic rings. The largest absolute Gasteiger partial charge is 0.444 e. The molecule has 2 aromatic heterocycles. The second kappa shape index (κ2) is 33.6. The SMILES string of the molecule is C=C1Cc2cc(C(=O)N3CCCc4ccccc43)ccc2N1.C=C1Cc2cc(C(=O)N3CCCc4ccccc43)cnc2N1.C=C1Cc2ccc(NC(=O)NCc3ccccc3)cc2N1.CC(=O)N1CCN(c2ccc3c(c2)CC(=O)N3)CC1.CC(C)(C)OC(=O)N1CCC(S(=O)(=O)Nc2ccc3[nH]c(=O)[nH]c3c2)CC1. The number of sulfonamides is 1. The van der Waals surface area contributed by atoms with Gasteiger partial charge < -0.3 is 71.1 Å². The van der Waals surface area contributed by atoms with Gasteiger partial charge in [0, 0.05) is 159 Å². The summed E-state index contributed by atoms with van der Waals surface area (Å²) in [6.45, 7) is 24.7. The normalized spacial score (nSPS) is 15.8. The molecule has 25 nitrogen and oxygen atoms in total. The van der Waals surface area contributed by atoms with Crippen LogP contribution in [0.5, 0.6) is 0 Å². The van der Waals surface area contributed by atoms with E-state index in [1.165, 1.54) is 21.6 Å². The number of nitrogens with one attached hydrogen (secondary N) is 9. The van der Waals surface area contributed by atoms with Gasteiger partial charge in [-0.3, -0.25) is 23.9 Å². The summed E-state index contributed by atoms with van der Waals surface area (Å²) in [5, 5.41) is 17.5. The number of piperidine rings is 1. The third kappa shape index (κ3) is 19.2. The minimum absolute atomic E-state index is 0.0277. The number of imidazole rings is 1. The van der Waals surface area contributed by atoms with Gasteiger partial charge in [0.2, 0.25) is 21.8 Å². The molecule has 2 saturated heterocycles. The molecule has 17 rings (SSSR count). The molecule has 574 valence electrons. The highest BCUT2D eigenvalue weighted by atomic mass is 32.2. The van der Waals surface area contributed by atoms with Crippen LogP contribution >= 0.6 is 0 Å². The number of allylic oxidation sites excluding steroid dienone is 3. The lowest BCUT2D eigenvalue weighted by Crippen LogP contribution is -2.48. The number of aromatic nitrogens is 3. The van der Waals surface area contributed by atoms with Crippen LogP contribution in [0.3, 0.4) is 0 Å². The lowest BCUT2D eigenvalue weighted by atomic mass is 10.00. The molecule has 7 aromatic carbocycles. The third-order valence-corrected chi connectivity index (χ3v) is 22.1. The number of nitrogens with zero attached hydrogens (tertiary/aromatic N) is 6. The minimum atomic E-state index is -3.61. The molecule has 0 spiro atoms. The summed E-state index contributed by atoms with van der Waals surface area (Å²) in [4.78, 5) is 103. The molecule has 0 bridgehead atoms. The van der Waals surface area contributed by atoms with Crippen molar-refractivity contribution in [3.05, 3.63) is 261 Å². The molecule has 2 fully saturated rings. The Hall–Kier alpha value is -12.5. The van der Waals surface area contributed by atoms with Crippen molar-refractivity contribution in [2.75, 3.05) is 98.4 Å². The van der Waals surface area contributed by atoms with Crippen LogP contribution in [0.1, 0.15) is 113 Å². The average molecular weight is 1520 g/mol. The number of aryl methyl sites for hydroxylation is 2. The Labute approximate surface area is 645 Å². The molecule has 9 N–H and O–H groups in total. The van der Waals surface area contributed by atoms with Crippen molar-refractivity contribution in [2.45, 2.75) is 109 Å². The van der Waals surface area contributed by atoms with E-state index in [1.54, 1.807) is 52.1 Å². The number of carbonyl (C=O) groups is 6. The van der Waals surface area contributed by atoms with Crippen molar-refractivity contribution < 1.29 is 41.9 Å². The van der Waals surface area contributed by atoms with Crippen molar-refractivity contribution in [2.24, 2.45) is 0 Å². The Balaban J connectivity index is 0.000000122. The van der Waals surface area contributed by atoms with E-state index in [0.29, 0.717) is 61.2 Å². The molecule has 10 heterocycles. The van der Waals surface area contributed by atoms with Crippen molar-refractivity contribution in [1.82, 2.24) is 30.1 Å². The number of anilines is 9. The fourth-order valence-electron chi connectivity index (χ4n) is 14.6. The molecule has 0 radical (unpaired) electrons. The number of piperazine rings is 1. The molecule has 0 saturated carbocycles. The standard InChI is InChI=1S/C19H18N2O.C18H17N3O.C17H24N4O5S.C17H17N3O.C14H17N3O2/c1-13-11-16-12-15(8-9-17(16)20-13)19(22)21-10-4-6-14-5-2-3-7-18(14)21;1-12-9-14-10-15(11-19-17(14)20-12)18(22)21-8-4-6-13-5-2-3-7-16(13)21;1-17(2,3)26-16(23)21-8-6-12(7-9-21)27(24,25)20-11-4-5-13-14(10-11)19-15(22)18-13;1-12-9-14-7-8-15(10-16(14)19-12)20-17(21)18-11-13-5-3-2-4-6-13;1-10(18)16-4-6-17(7-5-16)12-2-3-13-11(8-12)9-14(19)15-13/h2-3,5,7-9,12,20H,1,4,6,10-11H2;2-3,5,7,10-11H,1,4,6,8-9H2,(H,19,20);4-5,10,12,20H,6-9H2,1-3H3,(H2,18,19,22);2-8,10,19H,1,9,11H2,(H2,18,20,21);2-3,8H,4-7,9H2,1H3,(H,15,19). The molecule has 0 unspecified atom stereocenters. The maximum atomic E-state index is 12.9. The van der Waals surface area contributed by atoms with Crippen LogP contribution < -0.4 is 57.0 Å². The van der Waals surface area contributed by atoms with Gasteiger partial charge in [-0.15, -0.1) is 0 Å². The predicted molar refractivity (Wildman–Crippen MR) is 437 cm³/mol. The van der Waals surface area contributed by atoms with Crippen LogP contribution in [-0.2, 0) is 69.4 Å². The molecule has 0 atom stereocenters. The smallest absolute Gasteiger partial charge is 0.410 e. The molecule has 0 aliphatic carbocycles. The summed E-state index contributed by atoms with van der Waals surface area (Å²) < 4.78 is 33.3. The third-order valence-electron chi connectivity index (χ3n) is 20.2. The van der Waals surface area contributed by atoms with Gasteiger partial charge in [0.1, 0.15) is 11.4 Å². The van der Waals surface area contributed by atoms with Crippen LogP contribution in [-0.4, -0.2) is 132 Å². The zero-order valence-electron chi connectivity index (χ0n) is 62.9. The summed E-state index contributed by atoms with van der Waals surface area (Å²) in [7, 11) is -3.61. The highest BCUT2D eigenvalue weighted by Gasteiger charge is 2.35. The van der Waals surface area contributed by atoms with Gasteiger partial charge >= 0.3 is 17.8 Å². The van der Waals surface area contributed by atoms with Gasteiger partial charge in [-0.2, -0.15) is 0 Å². The number of fused-ring (bicyclic) bond motifs is 7. The fourth-order valence-corrected chi connectivity index (χ4v) is 16.1. The average Bonchev–Trinajstić information content (AvgIpc) is 1.79. The second-order valence-corrected chi connectivity index (χ2v) is 31.5. The number of pyridine rings is 1. The van der Waals surface area contributed by atoms with Gasteiger partial charge in [-0.1, -0.05) is 92.5 Å².